The lowest BCUT2D eigenvalue weighted by Gasteiger charge is -2.11. The van der Waals surface area contributed by atoms with Crippen LogP contribution >= 0.6 is 0 Å². The fourth-order valence-corrected chi connectivity index (χ4v) is 1.94. The van der Waals surface area contributed by atoms with Gasteiger partial charge in [-0.3, -0.25) is 0 Å². The average Bonchev–Trinajstić information content (AvgIpc) is 2.50. The minimum atomic E-state index is 0.429. The van der Waals surface area contributed by atoms with E-state index in [1.165, 1.54) is 0 Å². The summed E-state index contributed by atoms with van der Waals surface area (Å²) in [6.45, 7) is 12.4. The van der Waals surface area contributed by atoms with E-state index in [1.807, 2.05) is 24.3 Å². The number of ether oxygens (including phenoxy) is 3. The number of nitrogens with one attached hydrogen (secondary N) is 2. The molecule has 1 rings (SSSR count). The van der Waals surface area contributed by atoms with E-state index < -0.39 is 0 Å². The molecule has 23 heavy (non-hydrogen) atoms. The third-order valence-corrected chi connectivity index (χ3v) is 2.98. The van der Waals surface area contributed by atoms with Crippen LogP contribution in [0, 0.1) is 0 Å². The number of anilines is 1. The van der Waals surface area contributed by atoms with E-state index in [2.05, 4.69) is 38.3 Å². The van der Waals surface area contributed by atoms with Gasteiger partial charge in [0.1, 0.15) is 12.4 Å². The Balaban J connectivity index is 1.96. The van der Waals surface area contributed by atoms with Crippen LogP contribution in [0.5, 0.6) is 5.75 Å². The van der Waals surface area contributed by atoms with Gasteiger partial charge in [-0.05, 0) is 38.1 Å². The van der Waals surface area contributed by atoms with Gasteiger partial charge in [0.05, 0.1) is 26.4 Å². The zero-order valence-electron chi connectivity index (χ0n) is 14.9. The van der Waals surface area contributed by atoms with Gasteiger partial charge in [-0.25, -0.2) is 0 Å². The maximum atomic E-state index is 5.63. The molecule has 0 saturated heterocycles. The lowest BCUT2D eigenvalue weighted by molar-refractivity contribution is 0.0370. The van der Waals surface area contributed by atoms with Crippen LogP contribution in [0.15, 0.2) is 24.3 Å². The van der Waals surface area contributed by atoms with Gasteiger partial charge in [-0.1, -0.05) is 13.8 Å². The molecule has 0 fully saturated rings. The molecule has 1 aromatic carbocycles. The lowest BCUT2D eigenvalue weighted by atomic mass is 10.3. The van der Waals surface area contributed by atoms with E-state index >= 15 is 0 Å². The molecule has 0 aliphatic carbocycles. The highest BCUT2D eigenvalue weighted by Crippen LogP contribution is 2.16. The molecule has 0 bridgehead atoms. The second-order valence-corrected chi connectivity index (χ2v) is 6.01. The summed E-state index contributed by atoms with van der Waals surface area (Å²) in [7, 11) is 0. The predicted molar refractivity (Wildman–Crippen MR) is 95.5 cm³/mol. The van der Waals surface area contributed by atoms with Crippen LogP contribution in [0.4, 0.5) is 5.69 Å². The zero-order valence-corrected chi connectivity index (χ0v) is 14.9. The largest absolute Gasteiger partial charge is 0.491 e. The molecule has 5 nitrogen and oxygen atoms in total. The Kier molecular flexibility index (Phi) is 10.4. The number of rotatable bonds is 13. The van der Waals surface area contributed by atoms with Crippen molar-refractivity contribution in [1.82, 2.24) is 5.32 Å². The molecule has 0 aromatic heterocycles. The van der Waals surface area contributed by atoms with Crippen molar-refractivity contribution < 1.29 is 14.2 Å². The monoisotopic (exact) mass is 324 g/mol. The van der Waals surface area contributed by atoms with Crippen LogP contribution < -0.4 is 15.4 Å². The molecule has 0 aliphatic heterocycles. The summed E-state index contributed by atoms with van der Waals surface area (Å²) in [5.74, 6) is 0.860. The van der Waals surface area contributed by atoms with Crippen LogP contribution in [-0.2, 0) is 9.47 Å². The molecular weight excluding hydrogens is 292 g/mol. The van der Waals surface area contributed by atoms with E-state index in [0.717, 1.165) is 24.6 Å². The van der Waals surface area contributed by atoms with Gasteiger partial charge in [0, 0.05) is 24.3 Å². The number of benzene rings is 1. The molecule has 0 aliphatic rings. The fourth-order valence-electron chi connectivity index (χ4n) is 1.94. The molecule has 132 valence electrons. The van der Waals surface area contributed by atoms with E-state index in [-0.39, 0.29) is 0 Å². The Labute approximate surface area is 140 Å². The van der Waals surface area contributed by atoms with Crippen molar-refractivity contribution in [3.8, 4) is 5.75 Å². The average molecular weight is 324 g/mol. The first kappa shape index (κ1) is 19.7. The van der Waals surface area contributed by atoms with Gasteiger partial charge in [0.25, 0.3) is 0 Å². The van der Waals surface area contributed by atoms with E-state index in [4.69, 9.17) is 14.2 Å². The highest BCUT2D eigenvalue weighted by Gasteiger charge is 1.98. The third-order valence-electron chi connectivity index (χ3n) is 2.98. The van der Waals surface area contributed by atoms with Gasteiger partial charge >= 0.3 is 0 Å². The molecule has 2 N–H and O–H groups in total. The van der Waals surface area contributed by atoms with Crippen molar-refractivity contribution in [2.75, 3.05) is 44.9 Å². The van der Waals surface area contributed by atoms with Crippen LogP contribution in [0.2, 0.25) is 0 Å². The van der Waals surface area contributed by atoms with Gasteiger partial charge in [-0.2, -0.15) is 0 Å². The van der Waals surface area contributed by atoms with E-state index in [1.54, 1.807) is 0 Å². The Hall–Kier alpha value is -1.30. The zero-order chi connectivity index (χ0) is 16.9. The molecule has 0 atom stereocenters. The standard InChI is InChI=1S/C18H32N2O3/c1-15(2)19-9-10-21-11-12-22-13-14-23-18-7-5-17(6-8-18)20-16(3)4/h5-8,15-16,19-20H,9-14H2,1-4H3. The topological polar surface area (TPSA) is 51.8 Å². The van der Waals surface area contributed by atoms with Crippen molar-refractivity contribution in [2.45, 2.75) is 39.8 Å². The first-order chi connectivity index (χ1) is 11.1. The first-order valence-corrected chi connectivity index (χ1v) is 8.46. The Morgan fingerprint density at radius 3 is 2.00 bits per heavy atom. The molecule has 0 heterocycles. The highest BCUT2D eigenvalue weighted by molar-refractivity contribution is 5.46. The smallest absolute Gasteiger partial charge is 0.119 e. The second-order valence-electron chi connectivity index (χ2n) is 6.01. The van der Waals surface area contributed by atoms with Gasteiger partial charge in [-0.15, -0.1) is 0 Å². The summed E-state index contributed by atoms with van der Waals surface area (Å²) in [4.78, 5) is 0. The molecule has 5 heteroatoms. The quantitative estimate of drug-likeness (QED) is 0.546. The Morgan fingerprint density at radius 2 is 1.39 bits per heavy atom. The molecular formula is C18H32N2O3. The molecule has 1 aromatic rings. The van der Waals surface area contributed by atoms with Gasteiger partial charge in [0.15, 0.2) is 0 Å². The van der Waals surface area contributed by atoms with E-state index in [0.29, 0.717) is 38.5 Å². The Morgan fingerprint density at radius 1 is 0.783 bits per heavy atom. The SMILES string of the molecule is CC(C)NCCOCCOCCOc1ccc(NC(C)C)cc1. The van der Waals surface area contributed by atoms with Crippen molar-refractivity contribution in [3.63, 3.8) is 0 Å². The normalized spacial score (nSPS) is 11.2. The summed E-state index contributed by atoms with van der Waals surface area (Å²) < 4.78 is 16.6. The second kappa shape index (κ2) is 12.2. The fraction of sp³-hybridized carbons (Fsp3) is 0.667. The minimum Gasteiger partial charge on any atom is -0.491 e. The lowest BCUT2D eigenvalue weighted by Crippen LogP contribution is -2.27. The number of hydrogen-bond acceptors (Lipinski definition) is 5. The van der Waals surface area contributed by atoms with Crippen molar-refractivity contribution >= 4 is 5.69 Å². The molecule has 0 unspecified atom stereocenters. The summed E-state index contributed by atoms with van der Waals surface area (Å²) in [6.07, 6.45) is 0. The maximum Gasteiger partial charge on any atom is 0.119 e. The van der Waals surface area contributed by atoms with Crippen LogP contribution in [0.25, 0.3) is 0 Å². The van der Waals surface area contributed by atoms with Crippen LogP contribution in [-0.4, -0.2) is 51.7 Å². The van der Waals surface area contributed by atoms with Gasteiger partial charge in [0.2, 0.25) is 0 Å². The van der Waals surface area contributed by atoms with E-state index in [9.17, 15) is 0 Å². The van der Waals surface area contributed by atoms with Crippen LogP contribution in [0.3, 0.4) is 0 Å². The first-order valence-electron chi connectivity index (χ1n) is 8.46. The third kappa shape index (κ3) is 11.0. The predicted octanol–water partition coefficient (Wildman–Crippen LogP) is 2.92. The molecule has 0 saturated carbocycles. The molecule has 0 spiro atoms. The Bertz CT molecular complexity index is 394. The van der Waals surface area contributed by atoms with Crippen molar-refractivity contribution in [2.24, 2.45) is 0 Å². The van der Waals surface area contributed by atoms with Crippen LogP contribution in [0.1, 0.15) is 27.7 Å². The summed E-state index contributed by atoms with van der Waals surface area (Å²) in [6, 6.07) is 8.91. The maximum absolute atomic E-state index is 5.63. The van der Waals surface area contributed by atoms with Gasteiger partial charge < -0.3 is 24.8 Å². The highest BCUT2D eigenvalue weighted by atomic mass is 16.5. The summed E-state index contributed by atoms with van der Waals surface area (Å²) in [5.41, 5.74) is 1.10. The summed E-state index contributed by atoms with van der Waals surface area (Å²) >= 11 is 0. The molecule has 0 radical (unpaired) electrons. The molecule has 0 amide bonds. The number of hydrogen-bond donors (Lipinski definition) is 2. The minimum absolute atomic E-state index is 0.429. The summed E-state index contributed by atoms with van der Waals surface area (Å²) in [5, 5.41) is 6.64. The van der Waals surface area contributed by atoms with Crippen molar-refractivity contribution in [3.05, 3.63) is 24.3 Å². The van der Waals surface area contributed by atoms with Crippen molar-refractivity contribution in [1.29, 1.82) is 0 Å².